The average Bonchev–Trinajstić information content (AvgIpc) is 3.93. The van der Waals surface area contributed by atoms with E-state index in [2.05, 4.69) is 58.9 Å². The maximum Gasteiger partial charge on any atom is 0.267 e. The first-order valence-electron chi connectivity index (χ1n) is 17.7. The first-order valence-corrected chi connectivity index (χ1v) is 26.1. The molecule has 0 saturated carbocycles. The summed E-state index contributed by atoms with van der Waals surface area (Å²) in [6, 6.07) is 14.9. The highest BCUT2D eigenvalue weighted by Crippen LogP contribution is 2.31. The summed E-state index contributed by atoms with van der Waals surface area (Å²) in [6.45, 7) is 14.8. The molecule has 4 heterocycles. The Morgan fingerprint density at radius 1 is 0.638 bits per heavy atom. The van der Waals surface area contributed by atoms with E-state index < -0.39 is 0 Å². The molecule has 2 aromatic carbocycles. The van der Waals surface area contributed by atoms with Gasteiger partial charge in [0, 0.05) is 43.4 Å². The normalized spacial score (nSPS) is 12.7. The Hall–Kier alpha value is -3.56. The van der Waals surface area contributed by atoms with Crippen LogP contribution >= 0.6 is 45.3 Å². The minimum atomic E-state index is -0.245. The number of hydrogen-bond donors (Lipinski definition) is 5. The van der Waals surface area contributed by atoms with Gasteiger partial charge in [-0.05, 0) is 120 Å². The zero-order chi connectivity index (χ0) is 42.7. The summed E-state index contributed by atoms with van der Waals surface area (Å²) >= 11 is 16.1. The van der Waals surface area contributed by atoms with E-state index in [0.717, 1.165) is 42.2 Å². The van der Waals surface area contributed by atoms with Crippen molar-refractivity contribution in [3.8, 4) is 0 Å². The van der Waals surface area contributed by atoms with Crippen molar-refractivity contribution < 1.29 is 19.2 Å². The minimum absolute atomic E-state index is 0.0962. The molecule has 6 rings (SSSR count). The number of nitrogens with one attached hydrogen (secondary N) is 4. The van der Waals surface area contributed by atoms with Crippen LogP contribution in [0.25, 0.3) is 20.2 Å². The number of carbonyl (C=O) groups is 4. The first kappa shape index (κ1) is 45.5. The molecule has 2 unspecified atom stereocenters. The number of thiazole rings is 2. The Labute approximate surface area is 368 Å². The van der Waals surface area contributed by atoms with Crippen LogP contribution in [-0.4, -0.2) is 68.7 Å². The van der Waals surface area contributed by atoms with E-state index >= 15 is 0 Å². The molecule has 6 N–H and O–H groups in total. The Balaban J connectivity index is 0.000000221. The topological polar surface area (TPSA) is 168 Å². The molecule has 11 nitrogen and oxygen atoms in total. The van der Waals surface area contributed by atoms with Gasteiger partial charge in [0.1, 0.15) is 9.75 Å². The maximum atomic E-state index is 12.6. The Morgan fingerprint density at radius 3 is 1.41 bits per heavy atom. The molecule has 4 amide bonds. The van der Waals surface area contributed by atoms with E-state index in [0.29, 0.717) is 54.8 Å². The smallest absolute Gasteiger partial charge is 0.267 e. The van der Waals surface area contributed by atoms with Gasteiger partial charge in [0.15, 0.2) is 5.13 Å². The second-order valence-corrected chi connectivity index (χ2v) is 26.0. The van der Waals surface area contributed by atoms with E-state index in [1.807, 2.05) is 74.9 Å². The van der Waals surface area contributed by atoms with Crippen LogP contribution in [0.5, 0.6) is 0 Å². The van der Waals surface area contributed by atoms with Crippen LogP contribution in [0, 0.1) is 20.8 Å². The third kappa shape index (κ3) is 11.4. The van der Waals surface area contributed by atoms with Gasteiger partial charge in [0.25, 0.3) is 23.6 Å². The standard InChI is InChI=1S/C20H23N3O2S4.C19H22N4O2S4/c1-11-17(27-12(2)22-11)19(25)23-14-6-7-15-13(8-14)9-16(28-15)18(24)21-10-20(3,4)29(5)26;1-10-15(28-18(20)22-10)17(25)23-12-5-6-13-11(7-12)8-14(27-13)16(24)21-9-19(2,3)29(4)26/h6-9H,10H2,1-5H3,(H,21,24)(H,23,25);5-8H,9H2,1-4H3,(H2,20,22)(H,21,24)(H,23,25). The average molecular weight is 932 g/mol. The first-order chi connectivity index (χ1) is 27.1. The van der Waals surface area contributed by atoms with Crippen molar-refractivity contribution >= 4 is 147 Å². The fourth-order valence-corrected chi connectivity index (χ4v) is 9.54. The van der Waals surface area contributed by atoms with Gasteiger partial charge in [-0.2, -0.15) is 0 Å². The Kier molecular flexibility index (Phi) is 14.7. The number of hydrogen-bond acceptors (Lipinski definition) is 13. The number of benzene rings is 2. The number of nitrogens with two attached hydrogens (primary N) is 1. The number of anilines is 3. The van der Waals surface area contributed by atoms with Crippen molar-refractivity contribution in [2.24, 2.45) is 0 Å². The molecule has 58 heavy (non-hydrogen) atoms. The summed E-state index contributed by atoms with van der Waals surface area (Å²) in [6.07, 6.45) is 4.00. The third-order valence-corrected chi connectivity index (χ3v) is 19.4. The lowest BCUT2D eigenvalue weighted by Gasteiger charge is -2.24. The highest BCUT2D eigenvalue weighted by molar-refractivity contribution is 8.29. The van der Waals surface area contributed by atoms with Crippen LogP contribution in [0.3, 0.4) is 0 Å². The van der Waals surface area contributed by atoms with Gasteiger partial charge >= 0.3 is 0 Å². The van der Waals surface area contributed by atoms with Gasteiger partial charge in [-0.1, -0.05) is 33.7 Å². The second kappa shape index (κ2) is 18.8. The van der Waals surface area contributed by atoms with Gasteiger partial charge in [0.2, 0.25) is 0 Å². The van der Waals surface area contributed by atoms with Crippen LogP contribution in [0.1, 0.15) is 82.8 Å². The van der Waals surface area contributed by atoms with E-state index in [1.54, 1.807) is 6.92 Å². The Morgan fingerprint density at radius 2 is 1.05 bits per heavy atom. The fourth-order valence-electron chi connectivity index (χ4n) is 5.18. The van der Waals surface area contributed by atoms with Crippen molar-refractivity contribution in [2.45, 2.75) is 58.0 Å². The molecule has 0 spiro atoms. The molecule has 0 aliphatic carbocycles. The summed E-state index contributed by atoms with van der Waals surface area (Å²) in [5.41, 5.74) is 8.36. The van der Waals surface area contributed by atoms with Gasteiger partial charge in [-0.3, -0.25) is 19.2 Å². The third-order valence-electron chi connectivity index (χ3n) is 9.03. The highest BCUT2D eigenvalue weighted by Gasteiger charge is 2.23. The van der Waals surface area contributed by atoms with Crippen LogP contribution in [-0.2, 0) is 41.3 Å². The molecular weight excluding hydrogens is 887 g/mol. The number of fused-ring (bicyclic) bond motifs is 2. The Bertz CT molecular complexity index is 2410. The zero-order valence-corrected chi connectivity index (χ0v) is 39.9. The number of aromatic nitrogens is 2. The molecule has 308 valence electrons. The number of amides is 4. The van der Waals surface area contributed by atoms with Gasteiger partial charge < -0.3 is 27.0 Å². The molecule has 0 radical (unpaired) electrons. The quantitative estimate of drug-likeness (QED) is 0.0814. The summed E-state index contributed by atoms with van der Waals surface area (Å²) in [4.78, 5) is 60.9. The maximum absolute atomic E-state index is 12.6. The molecule has 0 saturated heterocycles. The minimum Gasteiger partial charge on any atom is -0.375 e. The van der Waals surface area contributed by atoms with Crippen molar-refractivity contribution in [3.63, 3.8) is 0 Å². The number of aryl methyl sites for hydroxylation is 3. The van der Waals surface area contributed by atoms with Crippen molar-refractivity contribution in [1.82, 2.24) is 20.6 Å². The van der Waals surface area contributed by atoms with Gasteiger partial charge in [0.05, 0.1) is 26.1 Å². The van der Waals surface area contributed by atoms with E-state index in [9.17, 15) is 19.2 Å². The van der Waals surface area contributed by atoms with Gasteiger partial charge in [-0.25, -0.2) is 9.97 Å². The number of carbonyl (C=O) groups excluding carboxylic acids is 4. The molecule has 6 aromatic rings. The fraction of sp³-hybridized carbons (Fsp3) is 0.333. The molecule has 0 bridgehead atoms. The molecule has 0 aliphatic rings. The SMILES string of the molecule is Cc1nc(C)c(C(=O)Nc2ccc3sc(C(=O)NCC(C)(C)S(C)=S)cc3c2)s1.Cc1nc(N)sc1C(=O)Nc1ccc2sc(C(=O)NCC(C)(C)S(C)=S)cc2c1. The molecule has 0 aliphatic heterocycles. The van der Waals surface area contributed by atoms with E-state index in [1.165, 1.54) is 34.0 Å². The van der Waals surface area contributed by atoms with E-state index in [4.69, 9.17) is 28.1 Å². The van der Waals surface area contributed by atoms with E-state index in [-0.39, 0.29) is 52.0 Å². The summed E-state index contributed by atoms with van der Waals surface area (Å²) < 4.78 is 1.73. The van der Waals surface area contributed by atoms with Crippen LogP contribution < -0.4 is 27.0 Å². The molecule has 2 atom stereocenters. The summed E-state index contributed by atoms with van der Waals surface area (Å²) in [5.74, 6) is -0.616. The summed E-state index contributed by atoms with van der Waals surface area (Å²) in [5, 5.41) is 14.8. The highest BCUT2D eigenvalue weighted by atomic mass is 32.8. The van der Waals surface area contributed by atoms with Crippen LogP contribution in [0.4, 0.5) is 16.5 Å². The van der Waals surface area contributed by atoms with Gasteiger partial charge in [-0.15, -0.1) is 52.9 Å². The number of rotatable bonds is 12. The van der Waals surface area contributed by atoms with Crippen molar-refractivity contribution in [3.05, 3.63) is 84.4 Å². The molecular formula is C39H45N7O4S8. The summed E-state index contributed by atoms with van der Waals surface area (Å²) in [7, 11) is -0.428. The monoisotopic (exact) mass is 931 g/mol. The lowest BCUT2D eigenvalue weighted by atomic mass is 10.2. The van der Waals surface area contributed by atoms with Crippen LogP contribution in [0.15, 0.2) is 48.5 Å². The lowest BCUT2D eigenvalue weighted by Crippen LogP contribution is -2.40. The number of thiophene rings is 2. The predicted octanol–water partition coefficient (Wildman–Crippen LogP) is 8.16. The number of nitrogens with zero attached hydrogens (tertiary/aromatic N) is 2. The zero-order valence-electron chi connectivity index (χ0n) is 33.4. The second-order valence-electron chi connectivity index (χ2n) is 14.5. The largest absolute Gasteiger partial charge is 0.375 e. The number of nitrogen functional groups attached to an aromatic ring is 1. The predicted molar refractivity (Wildman–Crippen MR) is 257 cm³/mol. The lowest BCUT2D eigenvalue weighted by molar-refractivity contribution is 0.0947. The van der Waals surface area contributed by atoms with Crippen molar-refractivity contribution in [2.75, 3.05) is 42.0 Å². The molecule has 4 aromatic heterocycles. The molecule has 19 heteroatoms. The van der Waals surface area contributed by atoms with Crippen LogP contribution in [0.2, 0.25) is 0 Å². The van der Waals surface area contributed by atoms with Crippen molar-refractivity contribution in [1.29, 1.82) is 0 Å². The molecule has 0 fully saturated rings.